The number of nitro benzene ring substituents is 1. The predicted octanol–water partition coefficient (Wildman–Crippen LogP) is 8.12. The molecule has 2 aromatic carbocycles. The molecule has 0 N–H and O–H groups in total. The van der Waals surface area contributed by atoms with Gasteiger partial charge in [-0.25, -0.2) is 4.79 Å². The first-order valence-corrected chi connectivity index (χ1v) is 13.1. The number of carbonyl (C=O) groups excluding carboxylic acids is 2. The normalized spacial score (nSPS) is 11.7. The first-order valence-electron chi connectivity index (χ1n) is 13.1. The van der Waals surface area contributed by atoms with Gasteiger partial charge in [-0.05, 0) is 49.9 Å². The zero-order valence-electron chi connectivity index (χ0n) is 22.1. The molecule has 7 heteroatoms. The van der Waals surface area contributed by atoms with Crippen LogP contribution >= 0.6 is 0 Å². The van der Waals surface area contributed by atoms with E-state index in [1.807, 2.05) is 12.1 Å². The van der Waals surface area contributed by atoms with E-state index in [1.165, 1.54) is 13.0 Å². The molecule has 0 aromatic heterocycles. The molecule has 0 aliphatic carbocycles. The summed E-state index contributed by atoms with van der Waals surface area (Å²) in [4.78, 5) is 37.7. The summed E-state index contributed by atoms with van der Waals surface area (Å²) in [5.41, 5.74) is 2.43. The van der Waals surface area contributed by atoms with Crippen molar-refractivity contribution in [2.75, 3.05) is 13.1 Å². The van der Waals surface area contributed by atoms with Crippen molar-refractivity contribution in [3.8, 4) is 11.1 Å². The molecule has 1 unspecified atom stereocenters. The van der Waals surface area contributed by atoms with Gasteiger partial charge in [0.1, 0.15) is 6.10 Å². The lowest BCUT2D eigenvalue weighted by Crippen LogP contribution is -2.34. The highest BCUT2D eigenvalue weighted by atomic mass is 16.6. The number of rotatable bonds is 15. The first-order chi connectivity index (χ1) is 17.3. The Bertz CT molecular complexity index is 991. The summed E-state index contributed by atoms with van der Waals surface area (Å²) in [6, 6.07) is 11.9. The van der Waals surface area contributed by atoms with Crippen LogP contribution in [0, 0.1) is 10.1 Å². The maximum Gasteiger partial charge on any atom is 0.410 e. The fourth-order valence-corrected chi connectivity index (χ4v) is 4.17. The number of nitro groups is 1. The standard InChI is InChI=1S/C29H40N2O5/c1-5-7-9-11-19-30(20-12-10-8-6-2)29(33)36-23(4)27-21-26(17-18-28(27)31(34)35)25-15-13-24(14-16-25)22(3)32/h13-18,21,23H,5-12,19-20H2,1-4H3. The van der Waals surface area contributed by atoms with E-state index in [9.17, 15) is 19.7 Å². The minimum atomic E-state index is -0.789. The zero-order valence-corrected chi connectivity index (χ0v) is 22.1. The van der Waals surface area contributed by atoms with Gasteiger partial charge in [-0.3, -0.25) is 14.9 Å². The smallest absolute Gasteiger partial charge is 0.410 e. The SMILES string of the molecule is CCCCCCN(CCCCCC)C(=O)OC(C)c1cc(-c2ccc(C(C)=O)cc2)ccc1[N+](=O)[O-]. The van der Waals surface area contributed by atoms with Crippen molar-refractivity contribution in [3.05, 3.63) is 63.7 Å². The topological polar surface area (TPSA) is 89.8 Å². The van der Waals surface area contributed by atoms with Gasteiger partial charge in [-0.15, -0.1) is 0 Å². The Labute approximate surface area is 215 Å². The molecule has 1 amide bonds. The van der Waals surface area contributed by atoms with Gasteiger partial charge in [0.15, 0.2) is 5.78 Å². The molecule has 0 spiro atoms. The summed E-state index contributed by atoms with van der Waals surface area (Å²) in [7, 11) is 0. The fraction of sp³-hybridized carbons (Fsp3) is 0.517. The maximum atomic E-state index is 13.1. The first kappa shape index (κ1) is 29.0. The number of Topliss-reactive ketones (excluding diaryl/α,β-unsaturated/α-hetero) is 1. The van der Waals surface area contributed by atoms with Crippen LogP contribution in [0.15, 0.2) is 42.5 Å². The van der Waals surface area contributed by atoms with E-state index in [0.29, 0.717) is 24.2 Å². The van der Waals surface area contributed by atoms with E-state index < -0.39 is 17.1 Å². The van der Waals surface area contributed by atoms with Crippen LogP contribution in [0.3, 0.4) is 0 Å². The molecule has 1 atom stereocenters. The second kappa shape index (κ2) is 15.0. The Morgan fingerprint density at radius 3 is 1.94 bits per heavy atom. The third-order valence-corrected chi connectivity index (χ3v) is 6.39. The highest BCUT2D eigenvalue weighted by Gasteiger charge is 2.25. The Kier molecular flexibility index (Phi) is 12.1. The number of hydrogen-bond acceptors (Lipinski definition) is 5. The van der Waals surface area contributed by atoms with Crippen LogP contribution in [0.1, 0.15) is 101 Å². The Morgan fingerprint density at radius 2 is 1.44 bits per heavy atom. The molecule has 0 saturated heterocycles. The number of ketones is 1. The van der Waals surface area contributed by atoms with Crippen molar-refractivity contribution in [3.63, 3.8) is 0 Å². The van der Waals surface area contributed by atoms with Crippen LogP contribution in [-0.2, 0) is 4.74 Å². The Morgan fingerprint density at radius 1 is 0.889 bits per heavy atom. The van der Waals surface area contributed by atoms with Crippen molar-refractivity contribution in [1.82, 2.24) is 4.90 Å². The molecule has 0 radical (unpaired) electrons. The summed E-state index contributed by atoms with van der Waals surface area (Å²) >= 11 is 0. The van der Waals surface area contributed by atoms with E-state index in [0.717, 1.165) is 62.5 Å². The number of hydrogen-bond donors (Lipinski definition) is 0. The number of carbonyl (C=O) groups is 2. The lowest BCUT2D eigenvalue weighted by atomic mass is 9.98. The summed E-state index contributed by atoms with van der Waals surface area (Å²) in [6.07, 6.45) is 7.22. The lowest BCUT2D eigenvalue weighted by molar-refractivity contribution is -0.386. The number of unbranched alkanes of at least 4 members (excludes halogenated alkanes) is 6. The highest BCUT2D eigenvalue weighted by Crippen LogP contribution is 2.33. The molecule has 0 fully saturated rings. The molecular formula is C29H40N2O5. The lowest BCUT2D eigenvalue weighted by Gasteiger charge is -2.24. The Balaban J connectivity index is 2.22. The minimum absolute atomic E-state index is 0.0274. The van der Waals surface area contributed by atoms with Gasteiger partial charge in [0, 0.05) is 24.7 Å². The average molecular weight is 497 g/mol. The van der Waals surface area contributed by atoms with E-state index in [4.69, 9.17) is 4.74 Å². The summed E-state index contributed by atoms with van der Waals surface area (Å²) in [5, 5.41) is 11.7. The van der Waals surface area contributed by atoms with E-state index in [-0.39, 0.29) is 11.5 Å². The van der Waals surface area contributed by atoms with E-state index >= 15 is 0 Å². The van der Waals surface area contributed by atoms with Crippen molar-refractivity contribution < 1.29 is 19.2 Å². The second-order valence-corrected chi connectivity index (χ2v) is 9.30. The molecule has 2 rings (SSSR count). The predicted molar refractivity (Wildman–Crippen MR) is 143 cm³/mol. The number of ether oxygens (including phenoxy) is 1. The monoisotopic (exact) mass is 496 g/mol. The summed E-state index contributed by atoms with van der Waals surface area (Å²) < 4.78 is 5.78. The molecule has 2 aromatic rings. The van der Waals surface area contributed by atoms with E-state index in [1.54, 1.807) is 36.1 Å². The maximum absolute atomic E-state index is 13.1. The zero-order chi connectivity index (χ0) is 26.5. The number of benzene rings is 2. The van der Waals surface area contributed by atoms with Gasteiger partial charge in [-0.2, -0.15) is 0 Å². The summed E-state index contributed by atoms with van der Waals surface area (Å²) in [5.74, 6) is -0.0274. The van der Waals surface area contributed by atoms with Crippen LogP contribution in [0.4, 0.5) is 10.5 Å². The summed E-state index contributed by atoms with van der Waals surface area (Å²) in [6.45, 7) is 8.74. The molecule has 36 heavy (non-hydrogen) atoms. The van der Waals surface area contributed by atoms with Gasteiger partial charge in [0.2, 0.25) is 0 Å². The minimum Gasteiger partial charge on any atom is -0.441 e. The third kappa shape index (κ3) is 8.77. The van der Waals surface area contributed by atoms with Crippen LogP contribution in [-0.4, -0.2) is 34.8 Å². The van der Waals surface area contributed by atoms with Crippen molar-refractivity contribution >= 4 is 17.6 Å². The number of amides is 1. The molecule has 0 saturated carbocycles. The van der Waals surface area contributed by atoms with Crippen molar-refractivity contribution in [2.45, 2.75) is 85.2 Å². The molecule has 0 heterocycles. The molecule has 0 bridgehead atoms. The van der Waals surface area contributed by atoms with Crippen LogP contribution < -0.4 is 0 Å². The molecule has 0 aliphatic rings. The quantitative estimate of drug-likeness (QED) is 0.107. The van der Waals surface area contributed by atoms with Crippen LogP contribution in [0.5, 0.6) is 0 Å². The highest BCUT2D eigenvalue weighted by molar-refractivity contribution is 5.94. The largest absolute Gasteiger partial charge is 0.441 e. The van der Waals surface area contributed by atoms with E-state index in [2.05, 4.69) is 13.8 Å². The van der Waals surface area contributed by atoms with Crippen molar-refractivity contribution in [1.29, 1.82) is 0 Å². The molecule has 7 nitrogen and oxygen atoms in total. The van der Waals surface area contributed by atoms with Gasteiger partial charge >= 0.3 is 6.09 Å². The van der Waals surface area contributed by atoms with Gasteiger partial charge in [0.25, 0.3) is 5.69 Å². The van der Waals surface area contributed by atoms with Crippen LogP contribution in [0.25, 0.3) is 11.1 Å². The molecule has 196 valence electrons. The van der Waals surface area contributed by atoms with Crippen molar-refractivity contribution in [2.24, 2.45) is 0 Å². The van der Waals surface area contributed by atoms with Gasteiger partial charge in [-0.1, -0.05) is 76.6 Å². The van der Waals surface area contributed by atoms with Crippen LogP contribution in [0.2, 0.25) is 0 Å². The third-order valence-electron chi connectivity index (χ3n) is 6.39. The second-order valence-electron chi connectivity index (χ2n) is 9.30. The Hall–Kier alpha value is -3.22. The molecule has 0 aliphatic heterocycles. The fourth-order valence-electron chi connectivity index (χ4n) is 4.17. The average Bonchev–Trinajstić information content (AvgIpc) is 2.87. The number of nitrogens with zero attached hydrogens (tertiary/aromatic N) is 2. The van der Waals surface area contributed by atoms with Gasteiger partial charge < -0.3 is 9.64 Å². The molecular weight excluding hydrogens is 456 g/mol. The van der Waals surface area contributed by atoms with Gasteiger partial charge in [0.05, 0.1) is 10.5 Å².